The highest BCUT2D eigenvalue weighted by Gasteiger charge is 2.19. The molecule has 1 aliphatic carbocycles. The van der Waals surface area contributed by atoms with Crippen molar-refractivity contribution in [2.75, 3.05) is 5.32 Å². The maximum absolute atomic E-state index is 12.7. The number of carbonyl (C=O) groups is 1. The molecule has 1 aromatic heterocycles. The van der Waals surface area contributed by atoms with Crippen molar-refractivity contribution in [1.82, 2.24) is 0 Å². The Balaban J connectivity index is 1.49. The molecule has 1 amide bonds. The van der Waals surface area contributed by atoms with Crippen molar-refractivity contribution in [3.8, 4) is 5.75 Å². The SMILES string of the molecule is O=C(Nc1cccc2c1CCCC2)c1occc1COc1ccccc1. The average molecular weight is 347 g/mol. The van der Waals surface area contributed by atoms with E-state index in [2.05, 4.69) is 11.4 Å². The van der Waals surface area contributed by atoms with Crippen LogP contribution in [0.5, 0.6) is 5.75 Å². The predicted molar refractivity (Wildman–Crippen MR) is 101 cm³/mol. The van der Waals surface area contributed by atoms with Gasteiger partial charge in [-0.15, -0.1) is 0 Å². The molecule has 0 saturated carbocycles. The highest BCUT2D eigenvalue weighted by molar-refractivity contribution is 6.03. The molecule has 2 aromatic carbocycles. The summed E-state index contributed by atoms with van der Waals surface area (Å²) in [5, 5.41) is 3.02. The Bertz CT molecular complexity index is 899. The van der Waals surface area contributed by atoms with E-state index in [0.717, 1.165) is 36.3 Å². The number of fused-ring (bicyclic) bond motifs is 1. The van der Waals surface area contributed by atoms with Crippen LogP contribution >= 0.6 is 0 Å². The lowest BCUT2D eigenvalue weighted by Gasteiger charge is -2.19. The van der Waals surface area contributed by atoms with Crippen LogP contribution in [0.15, 0.2) is 65.3 Å². The summed E-state index contributed by atoms with van der Waals surface area (Å²) in [6.07, 6.45) is 5.99. The summed E-state index contributed by atoms with van der Waals surface area (Å²) in [6.45, 7) is 0.288. The first-order valence-corrected chi connectivity index (χ1v) is 8.97. The minimum absolute atomic E-state index is 0.236. The van der Waals surface area contributed by atoms with Crippen molar-refractivity contribution in [3.63, 3.8) is 0 Å². The first-order chi connectivity index (χ1) is 12.8. The summed E-state index contributed by atoms with van der Waals surface area (Å²) < 4.78 is 11.2. The van der Waals surface area contributed by atoms with Gasteiger partial charge in [0.2, 0.25) is 0 Å². The number of amides is 1. The molecular weight excluding hydrogens is 326 g/mol. The van der Waals surface area contributed by atoms with Gasteiger partial charge in [0.15, 0.2) is 5.76 Å². The van der Waals surface area contributed by atoms with Crippen molar-refractivity contribution < 1.29 is 13.9 Å². The maximum atomic E-state index is 12.7. The number of aryl methyl sites for hydroxylation is 1. The molecule has 1 aliphatic rings. The molecule has 4 heteroatoms. The number of benzene rings is 2. The van der Waals surface area contributed by atoms with Gasteiger partial charge in [0.25, 0.3) is 5.91 Å². The molecule has 1 N–H and O–H groups in total. The van der Waals surface area contributed by atoms with Gasteiger partial charge in [0.05, 0.1) is 6.26 Å². The van der Waals surface area contributed by atoms with E-state index in [4.69, 9.17) is 9.15 Å². The molecule has 0 fully saturated rings. The number of nitrogens with one attached hydrogen (secondary N) is 1. The molecule has 4 rings (SSSR count). The Morgan fingerprint density at radius 1 is 1.00 bits per heavy atom. The third-order valence-electron chi connectivity index (χ3n) is 4.73. The standard InChI is InChI=1S/C22H21NO3/c24-22(23-20-12-6-8-16-7-4-5-11-19(16)20)21-17(13-14-25-21)15-26-18-9-2-1-3-10-18/h1-3,6,8-10,12-14H,4-5,7,11,15H2,(H,23,24). The van der Waals surface area contributed by atoms with Crippen LogP contribution in [0.4, 0.5) is 5.69 Å². The number of rotatable bonds is 5. The smallest absolute Gasteiger partial charge is 0.291 e. The zero-order valence-corrected chi connectivity index (χ0v) is 14.5. The molecule has 0 saturated heterocycles. The fraction of sp³-hybridized carbons (Fsp3) is 0.227. The van der Waals surface area contributed by atoms with Crippen LogP contribution in [-0.2, 0) is 19.4 Å². The Labute approximate surface area is 152 Å². The predicted octanol–water partition coefficient (Wildman–Crippen LogP) is 4.99. The van der Waals surface area contributed by atoms with Gasteiger partial charge < -0.3 is 14.5 Å². The Morgan fingerprint density at radius 3 is 2.73 bits per heavy atom. The first kappa shape index (κ1) is 16.5. The van der Waals surface area contributed by atoms with E-state index in [1.54, 1.807) is 6.07 Å². The highest BCUT2D eigenvalue weighted by Crippen LogP contribution is 2.28. The molecule has 3 aromatic rings. The monoisotopic (exact) mass is 347 g/mol. The molecule has 0 unspecified atom stereocenters. The Morgan fingerprint density at radius 2 is 1.85 bits per heavy atom. The Kier molecular flexibility index (Phi) is 4.73. The molecular formula is C22H21NO3. The minimum Gasteiger partial charge on any atom is -0.489 e. The van der Waals surface area contributed by atoms with E-state index >= 15 is 0 Å². The average Bonchev–Trinajstić information content (AvgIpc) is 3.16. The molecule has 0 radical (unpaired) electrons. The van der Waals surface area contributed by atoms with Crippen molar-refractivity contribution in [2.24, 2.45) is 0 Å². The van der Waals surface area contributed by atoms with Gasteiger partial charge in [-0.1, -0.05) is 30.3 Å². The van der Waals surface area contributed by atoms with E-state index in [1.165, 1.54) is 23.8 Å². The fourth-order valence-electron chi connectivity index (χ4n) is 3.40. The fourth-order valence-corrected chi connectivity index (χ4v) is 3.40. The lowest BCUT2D eigenvalue weighted by Crippen LogP contribution is -2.16. The van der Waals surface area contributed by atoms with Crippen LogP contribution in [0, 0.1) is 0 Å². The quantitative estimate of drug-likeness (QED) is 0.707. The van der Waals surface area contributed by atoms with Gasteiger partial charge in [0.1, 0.15) is 12.4 Å². The topological polar surface area (TPSA) is 51.5 Å². The number of hydrogen-bond acceptors (Lipinski definition) is 3. The van der Waals surface area contributed by atoms with Gasteiger partial charge in [-0.25, -0.2) is 0 Å². The van der Waals surface area contributed by atoms with Crippen molar-refractivity contribution >= 4 is 11.6 Å². The lowest BCUT2D eigenvalue weighted by molar-refractivity contribution is 0.0993. The summed E-state index contributed by atoms with van der Waals surface area (Å²) in [7, 11) is 0. The van der Waals surface area contributed by atoms with Gasteiger partial charge in [-0.05, 0) is 61.1 Å². The third-order valence-corrected chi connectivity index (χ3v) is 4.73. The minimum atomic E-state index is -0.236. The summed E-state index contributed by atoms with van der Waals surface area (Å²) >= 11 is 0. The van der Waals surface area contributed by atoms with Gasteiger partial charge >= 0.3 is 0 Å². The van der Waals surface area contributed by atoms with Gasteiger partial charge in [-0.3, -0.25) is 4.79 Å². The van der Waals surface area contributed by atoms with E-state index in [9.17, 15) is 4.79 Å². The number of para-hydroxylation sites is 1. The number of furan rings is 1. The van der Waals surface area contributed by atoms with Crippen LogP contribution in [0.3, 0.4) is 0 Å². The maximum Gasteiger partial charge on any atom is 0.291 e. The second-order valence-corrected chi connectivity index (χ2v) is 6.48. The molecule has 0 atom stereocenters. The first-order valence-electron chi connectivity index (χ1n) is 8.97. The number of ether oxygens (including phenoxy) is 1. The second kappa shape index (κ2) is 7.48. The summed E-state index contributed by atoms with van der Waals surface area (Å²) in [5.41, 5.74) is 4.21. The van der Waals surface area contributed by atoms with Crippen LogP contribution in [0.2, 0.25) is 0 Å². The zero-order chi connectivity index (χ0) is 17.8. The van der Waals surface area contributed by atoms with Gasteiger partial charge in [0, 0.05) is 11.3 Å². The molecule has 1 heterocycles. The van der Waals surface area contributed by atoms with Crippen LogP contribution < -0.4 is 10.1 Å². The molecule has 132 valence electrons. The van der Waals surface area contributed by atoms with Crippen LogP contribution in [0.25, 0.3) is 0 Å². The number of hydrogen-bond donors (Lipinski definition) is 1. The normalized spacial score (nSPS) is 13.1. The third kappa shape index (κ3) is 3.49. The van der Waals surface area contributed by atoms with Gasteiger partial charge in [-0.2, -0.15) is 0 Å². The molecule has 0 spiro atoms. The molecule has 0 aliphatic heterocycles. The van der Waals surface area contributed by atoms with Crippen molar-refractivity contribution in [2.45, 2.75) is 32.3 Å². The second-order valence-electron chi connectivity index (χ2n) is 6.48. The summed E-state index contributed by atoms with van der Waals surface area (Å²) in [4.78, 5) is 12.7. The lowest BCUT2D eigenvalue weighted by atomic mass is 9.90. The van der Waals surface area contributed by atoms with E-state index < -0.39 is 0 Å². The number of anilines is 1. The summed E-state index contributed by atoms with van der Waals surface area (Å²) in [6, 6.07) is 17.4. The highest BCUT2D eigenvalue weighted by atomic mass is 16.5. The van der Waals surface area contributed by atoms with E-state index in [0.29, 0.717) is 5.76 Å². The largest absolute Gasteiger partial charge is 0.489 e. The molecule has 0 bridgehead atoms. The summed E-state index contributed by atoms with van der Waals surface area (Å²) in [5.74, 6) is 0.826. The van der Waals surface area contributed by atoms with Crippen LogP contribution in [-0.4, -0.2) is 5.91 Å². The van der Waals surface area contributed by atoms with Crippen molar-refractivity contribution in [3.05, 3.63) is 83.3 Å². The number of carbonyl (C=O) groups excluding carboxylic acids is 1. The van der Waals surface area contributed by atoms with E-state index in [-0.39, 0.29) is 12.5 Å². The van der Waals surface area contributed by atoms with Crippen LogP contribution in [0.1, 0.15) is 40.1 Å². The molecule has 4 nitrogen and oxygen atoms in total. The Hall–Kier alpha value is -3.01. The molecule has 26 heavy (non-hydrogen) atoms. The van der Waals surface area contributed by atoms with E-state index in [1.807, 2.05) is 42.5 Å². The zero-order valence-electron chi connectivity index (χ0n) is 14.5. The van der Waals surface area contributed by atoms with Crippen molar-refractivity contribution in [1.29, 1.82) is 0 Å².